The third-order valence-electron chi connectivity index (χ3n) is 3.95. The molecule has 0 aromatic heterocycles. The lowest BCUT2D eigenvalue weighted by Gasteiger charge is -2.12. The minimum Gasteiger partial charge on any atom is -0.490 e. The number of carbonyl (C=O) groups excluding carboxylic acids is 2. The molecule has 2 aromatic carbocycles. The average molecular weight is 393 g/mol. The summed E-state index contributed by atoms with van der Waals surface area (Å²) in [6.45, 7) is 5.70. The van der Waals surface area contributed by atoms with Crippen molar-refractivity contribution in [2.24, 2.45) is 5.73 Å². The van der Waals surface area contributed by atoms with Crippen molar-refractivity contribution >= 4 is 23.6 Å². The molecule has 7 nitrogen and oxygen atoms in total. The smallest absolute Gasteiger partial charge is 0.266 e. The summed E-state index contributed by atoms with van der Waals surface area (Å²) in [6.07, 6.45) is 1.46. The van der Waals surface area contributed by atoms with Gasteiger partial charge in [-0.3, -0.25) is 9.59 Å². The van der Waals surface area contributed by atoms with Crippen molar-refractivity contribution in [1.29, 1.82) is 5.26 Å². The molecule has 0 bridgehead atoms. The monoisotopic (exact) mass is 393 g/mol. The Morgan fingerprint density at radius 1 is 1.14 bits per heavy atom. The highest BCUT2D eigenvalue weighted by Crippen LogP contribution is 2.29. The van der Waals surface area contributed by atoms with E-state index in [1.165, 1.54) is 6.08 Å². The molecule has 0 aliphatic rings. The first-order valence-corrected chi connectivity index (χ1v) is 9.02. The predicted molar refractivity (Wildman–Crippen MR) is 110 cm³/mol. The lowest BCUT2D eigenvalue weighted by atomic mass is 10.1. The highest BCUT2D eigenvalue weighted by molar-refractivity contribution is 6.10. The molecule has 7 heteroatoms. The number of carbonyl (C=O) groups is 2. The molecule has 150 valence electrons. The molecule has 0 unspecified atom stereocenters. The maximum absolute atomic E-state index is 12.6. The van der Waals surface area contributed by atoms with E-state index >= 15 is 0 Å². The van der Waals surface area contributed by atoms with Crippen LogP contribution in [0.1, 0.15) is 23.6 Å². The van der Waals surface area contributed by atoms with Crippen LogP contribution >= 0.6 is 0 Å². The number of benzene rings is 2. The molecular formula is C22H23N3O4. The van der Waals surface area contributed by atoms with Crippen LogP contribution in [0.5, 0.6) is 11.5 Å². The summed E-state index contributed by atoms with van der Waals surface area (Å²) in [6, 6.07) is 12.5. The van der Waals surface area contributed by atoms with E-state index in [-0.39, 0.29) is 12.2 Å². The van der Waals surface area contributed by atoms with Gasteiger partial charge in [-0.2, -0.15) is 5.26 Å². The van der Waals surface area contributed by atoms with Crippen LogP contribution in [-0.4, -0.2) is 25.0 Å². The van der Waals surface area contributed by atoms with Crippen LogP contribution in [0.2, 0.25) is 0 Å². The number of ether oxygens (including phenoxy) is 2. The minimum absolute atomic E-state index is 0.0563. The molecule has 2 amide bonds. The van der Waals surface area contributed by atoms with Crippen LogP contribution in [0, 0.1) is 25.2 Å². The predicted octanol–water partition coefficient (Wildman–Crippen LogP) is 3.11. The second-order valence-corrected chi connectivity index (χ2v) is 6.34. The first-order valence-electron chi connectivity index (χ1n) is 9.02. The first-order chi connectivity index (χ1) is 13.8. The van der Waals surface area contributed by atoms with Gasteiger partial charge in [-0.25, -0.2) is 0 Å². The molecule has 29 heavy (non-hydrogen) atoms. The fraction of sp³-hybridized carbons (Fsp3) is 0.227. The minimum atomic E-state index is -0.605. The van der Waals surface area contributed by atoms with E-state index in [2.05, 4.69) is 5.32 Å². The Balaban J connectivity index is 2.28. The number of nitriles is 1. The maximum atomic E-state index is 12.6. The van der Waals surface area contributed by atoms with Crippen LogP contribution in [0.25, 0.3) is 6.08 Å². The van der Waals surface area contributed by atoms with E-state index < -0.39 is 11.8 Å². The van der Waals surface area contributed by atoms with Crippen molar-refractivity contribution in [3.63, 3.8) is 0 Å². The number of amides is 2. The van der Waals surface area contributed by atoms with E-state index in [0.717, 1.165) is 11.1 Å². The molecule has 0 heterocycles. The van der Waals surface area contributed by atoms with Crippen molar-refractivity contribution in [2.75, 3.05) is 18.5 Å². The number of primary amides is 1. The second kappa shape index (κ2) is 9.95. The van der Waals surface area contributed by atoms with Crippen LogP contribution in [0.4, 0.5) is 5.69 Å². The Bertz CT molecular complexity index is 990. The average Bonchev–Trinajstić information content (AvgIpc) is 2.68. The van der Waals surface area contributed by atoms with E-state index in [1.54, 1.807) is 25.1 Å². The normalized spacial score (nSPS) is 10.8. The van der Waals surface area contributed by atoms with Crippen LogP contribution in [0.15, 0.2) is 42.0 Å². The number of anilines is 1. The number of rotatable bonds is 8. The molecule has 0 spiro atoms. The standard InChI is InChI=1S/C22H23N3O4/c1-4-28-20-11-16(7-8-19(20)29-13-21(24)26)10-17(12-23)22(27)25-18-9-14(2)5-6-15(18)3/h5-11H,4,13H2,1-3H3,(H2,24,26)(H,25,27)/b17-10-. The summed E-state index contributed by atoms with van der Waals surface area (Å²) in [4.78, 5) is 23.5. The number of nitrogens with two attached hydrogens (primary N) is 1. The van der Waals surface area contributed by atoms with Gasteiger partial charge in [-0.05, 0) is 61.7 Å². The lowest BCUT2D eigenvalue weighted by Crippen LogP contribution is -2.20. The van der Waals surface area contributed by atoms with E-state index in [4.69, 9.17) is 15.2 Å². The zero-order chi connectivity index (χ0) is 21.4. The second-order valence-electron chi connectivity index (χ2n) is 6.34. The van der Waals surface area contributed by atoms with Gasteiger partial charge >= 0.3 is 0 Å². The van der Waals surface area contributed by atoms with Crippen molar-refractivity contribution in [3.8, 4) is 17.6 Å². The Hall–Kier alpha value is -3.79. The van der Waals surface area contributed by atoms with Gasteiger partial charge in [0.1, 0.15) is 11.6 Å². The van der Waals surface area contributed by atoms with Gasteiger partial charge in [0.15, 0.2) is 18.1 Å². The summed E-state index contributed by atoms with van der Waals surface area (Å²) < 4.78 is 10.8. The van der Waals surface area contributed by atoms with Crippen molar-refractivity contribution in [1.82, 2.24) is 0 Å². The maximum Gasteiger partial charge on any atom is 0.266 e. The Labute approximate surface area is 169 Å². The molecule has 0 aliphatic heterocycles. The highest BCUT2D eigenvalue weighted by Gasteiger charge is 2.13. The zero-order valence-electron chi connectivity index (χ0n) is 16.6. The van der Waals surface area contributed by atoms with Crippen LogP contribution in [0.3, 0.4) is 0 Å². The molecule has 0 atom stereocenters. The van der Waals surface area contributed by atoms with E-state index in [1.807, 2.05) is 38.1 Å². The van der Waals surface area contributed by atoms with Crippen LogP contribution < -0.4 is 20.5 Å². The molecule has 0 saturated heterocycles. The Morgan fingerprint density at radius 2 is 1.90 bits per heavy atom. The molecule has 0 aliphatic carbocycles. The summed E-state index contributed by atoms with van der Waals surface area (Å²) >= 11 is 0. The number of hydrogen-bond donors (Lipinski definition) is 2. The molecule has 0 radical (unpaired) electrons. The third-order valence-corrected chi connectivity index (χ3v) is 3.95. The quantitative estimate of drug-likeness (QED) is 0.528. The van der Waals surface area contributed by atoms with Crippen molar-refractivity contribution < 1.29 is 19.1 Å². The summed E-state index contributed by atoms with van der Waals surface area (Å²) in [5.74, 6) is -0.379. The molecule has 2 aromatic rings. The number of nitrogens with zero attached hydrogens (tertiary/aromatic N) is 1. The molecule has 2 rings (SSSR count). The van der Waals surface area contributed by atoms with E-state index in [9.17, 15) is 14.9 Å². The van der Waals surface area contributed by atoms with Crippen molar-refractivity contribution in [3.05, 3.63) is 58.7 Å². The number of aryl methyl sites for hydroxylation is 2. The van der Waals surface area contributed by atoms with Gasteiger partial charge < -0.3 is 20.5 Å². The first kappa shape index (κ1) is 21.5. The lowest BCUT2D eigenvalue weighted by molar-refractivity contribution is -0.120. The molecule has 3 N–H and O–H groups in total. The van der Waals surface area contributed by atoms with Gasteiger partial charge in [0.05, 0.1) is 6.61 Å². The summed E-state index contributed by atoms with van der Waals surface area (Å²) in [5.41, 5.74) is 8.17. The third kappa shape index (κ3) is 6.11. The topological polar surface area (TPSA) is 114 Å². The van der Waals surface area contributed by atoms with Gasteiger partial charge in [0.2, 0.25) is 0 Å². The van der Waals surface area contributed by atoms with Gasteiger partial charge in [0, 0.05) is 5.69 Å². The number of nitrogens with one attached hydrogen (secondary N) is 1. The van der Waals surface area contributed by atoms with Gasteiger partial charge in [-0.15, -0.1) is 0 Å². The molecule has 0 fully saturated rings. The van der Waals surface area contributed by atoms with E-state index in [0.29, 0.717) is 29.4 Å². The molecule has 0 saturated carbocycles. The summed E-state index contributed by atoms with van der Waals surface area (Å²) in [5, 5.41) is 12.2. The molecular weight excluding hydrogens is 370 g/mol. The van der Waals surface area contributed by atoms with Crippen LogP contribution in [-0.2, 0) is 9.59 Å². The van der Waals surface area contributed by atoms with Gasteiger partial charge in [-0.1, -0.05) is 18.2 Å². The Kier molecular flexibility index (Phi) is 7.38. The zero-order valence-corrected chi connectivity index (χ0v) is 16.6. The van der Waals surface area contributed by atoms with Crippen molar-refractivity contribution in [2.45, 2.75) is 20.8 Å². The highest BCUT2D eigenvalue weighted by atomic mass is 16.5. The number of hydrogen-bond acceptors (Lipinski definition) is 5. The van der Waals surface area contributed by atoms with Gasteiger partial charge in [0.25, 0.3) is 11.8 Å². The summed E-state index contributed by atoms with van der Waals surface area (Å²) in [7, 11) is 0. The fourth-order valence-corrected chi connectivity index (χ4v) is 2.53. The SMILES string of the molecule is CCOc1cc(/C=C(/C#N)C(=O)Nc2cc(C)ccc2C)ccc1OCC(N)=O. The fourth-order valence-electron chi connectivity index (χ4n) is 2.53. The largest absolute Gasteiger partial charge is 0.490 e. The Morgan fingerprint density at radius 3 is 2.55 bits per heavy atom.